The molecular formula is C22H26N2O6. The van der Waals surface area contributed by atoms with Crippen molar-refractivity contribution in [3.8, 4) is 11.5 Å². The summed E-state index contributed by atoms with van der Waals surface area (Å²) in [4.78, 5) is 36.2. The largest absolute Gasteiger partial charge is 0.493 e. The maximum absolute atomic E-state index is 12.5. The minimum atomic E-state index is -0.980. The van der Waals surface area contributed by atoms with Gasteiger partial charge < -0.3 is 25.3 Å². The molecular weight excluding hydrogens is 388 g/mol. The van der Waals surface area contributed by atoms with Crippen LogP contribution in [0.25, 0.3) is 0 Å². The number of methoxy groups -OCH3 is 2. The van der Waals surface area contributed by atoms with Crippen LogP contribution in [0.4, 0.5) is 0 Å². The number of esters is 2. The van der Waals surface area contributed by atoms with E-state index in [4.69, 9.17) is 19.9 Å². The van der Waals surface area contributed by atoms with E-state index in [2.05, 4.69) is 5.32 Å². The molecule has 0 fully saturated rings. The SMILES string of the molecule is COc1ccc(C(N)CC(=O)OC(=O)[C@@H](Cc2ccccc2)NC(C)=O)cc1OC. The number of nitrogens with one attached hydrogen (secondary N) is 1. The highest BCUT2D eigenvalue weighted by atomic mass is 16.6. The standard InChI is InChI=1S/C22H26N2O6/c1-14(25)24-18(11-15-7-5-4-6-8-15)22(27)30-21(26)13-17(23)16-9-10-19(28-2)20(12-16)29-3/h4-10,12,17-18H,11,13,23H2,1-3H3,(H,24,25)/t17?,18-/m1/s1. The molecule has 0 heterocycles. The lowest BCUT2D eigenvalue weighted by molar-refractivity contribution is -0.162. The van der Waals surface area contributed by atoms with Crippen molar-refractivity contribution in [1.82, 2.24) is 5.32 Å². The van der Waals surface area contributed by atoms with Gasteiger partial charge in [-0.2, -0.15) is 0 Å². The monoisotopic (exact) mass is 414 g/mol. The minimum absolute atomic E-state index is 0.203. The van der Waals surface area contributed by atoms with Gasteiger partial charge in [0.05, 0.1) is 20.6 Å². The van der Waals surface area contributed by atoms with Crippen LogP contribution in [0.3, 0.4) is 0 Å². The van der Waals surface area contributed by atoms with Crippen molar-refractivity contribution in [1.29, 1.82) is 0 Å². The van der Waals surface area contributed by atoms with Crippen molar-refractivity contribution in [3.63, 3.8) is 0 Å². The predicted octanol–water partition coefficient (Wildman–Crippen LogP) is 1.91. The second kappa shape index (κ2) is 11.0. The number of ether oxygens (including phenoxy) is 3. The van der Waals surface area contributed by atoms with Crippen molar-refractivity contribution >= 4 is 17.8 Å². The van der Waals surface area contributed by atoms with Crippen molar-refractivity contribution in [2.45, 2.75) is 31.8 Å². The van der Waals surface area contributed by atoms with Gasteiger partial charge in [-0.1, -0.05) is 36.4 Å². The molecule has 0 aliphatic rings. The first-order chi connectivity index (χ1) is 14.3. The number of hydrogen-bond donors (Lipinski definition) is 2. The first kappa shape index (κ1) is 22.9. The fraction of sp³-hybridized carbons (Fsp3) is 0.318. The Morgan fingerprint density at radius 2 is 1.67 bits per heavy atom. The molecule has 0 aliphatic carbocycles. The van der Waals surface area contributed by atoms with E-state index >= 15 is 0 Å². The maximum atomic E-state index is 12.5. The molecule has 3 N–H and O–H groups in total. The van der Waals surface area contributed by atoms with E-state index < -0.39 is 29.9 Å². The summed E-state index contributed by atoms with van der Waals surface area (Å²) in [6, 6.07) is 12.5. The van der Waals surface area contributed by atoms with Gasteiger partial charge >= 0.3 is 11.9 Å². The summed E-state index contributed by atoms with van der Waals surface area (Å²) in [6.07, 6.45) is -0.0202. The van der Waals surface area contributed by atoms with Crippen LogP contribution in [-0.4, -0.2) is 38.1 Å². The average Bonchev–Trinajstić information content (AvgIpc) is 2.72. The molecule has 1 unspecified atom stereocenters. The van der Waals surface area contributed by atoms with Gasteiger partial charge in [0.1, 0.15) is 6.04 Å². The zero-order valence-electron chi connectivity index (χ0n) is 17.2. The Bertz CT molecular complexity index is 884. The average molecular weight is 414 g/mol. The van der Waals surface area contributed by atoms with Crippen LogP contribution >= 0.6 is 0 Å². The lowest BCUT2D eigenvalue weighted by Crippen LogP contribution is -2.43. The summed E-state index contributed by atoms with van der Waals surface area (Å²) in [6.45, 7) is 1.29. The highest BCUT2D eigenvalue weighted by Crippen LogP contribution is 2.30. The molecule has 0 aliphatic heterocycles. The van der Waals surface area contributed by atoms with Gasteiger partial charge in [-0.25, -0.2) is 4.79 Å². The van der Waals surface area contributed by atoms with Crippen molar-refractivity contribution in [2.24, 2.45) is 5.73 Å². The van der Waals surface area contributed by atoms with E-state index in [1.807, 2.05) is 30.3 Å². The molecule has 0 spiro atoms. The van der Waals surface area contributed by atoms with E-state index in [-0.39, 0.29) is 12.8 Å². The molecule has 0 radical (unpaired) electrons. The number of nitrogens with two attached hydrogens (primary N) is 1. The Hall–Kier alpha value is -3.39. The molecule has 2 aromatic rings. The van der Waals surface area contributed by atoms with Crippen LogP contribution in [0, 0.1) is 0 Å². The highest BCUT2D eigenvalue weighted by molar-refractivity contribution is 5.91. The molecule has 0 saturated carbocycles. The molecule has 8 nitrogen and oxygen atoms in total. The van der Waals surface area contributed by atoms with Crippen molar-refractivity contribution < 1.29 is 28.6 Å². The van der Waals surface area contributed by atoms with Gasteiger partial charge in [0.2, 0.25) is 5.91 Å². The molecule has 1 amide bonds. The lowest BCUT2D eigenvalue weighted by Gasteiger charge is -2.17. The van der Waals surface area contributed by atoms with Gasteiger partial charge in [-0.05, 0) is 23.3 Å². The van der Waals surface area contributed by atoms with Gasteiger partial charge in [-0.15, -0.1) is 0 Å². The van der Waals surface area contributed by atoms with Crippen LogP contribution in [0.5, 0.6) is 11.5 Å². The smallest absolute Gasteiger partial charge is 0.336 e. The normalized spacial score (nSPS) is 12.4. The first-order valence-electron chi connectivity index (χ1n) is 9.37. The van der Waals surface area contributed by atoms with E-state index in [0.717, 1.165) is 5.56 Å². The van der Waals surface area contributed by atoms with Gasteiger partial charge in [0, 0.05) is 19.4 Å². The number of carbonyl (C=O) groups excluding carboxylic acids is 3. The molecule has 0 saturated heterocycles. The van der Waals surface area contributed by atoms with Crippen LogP contribution in [0.1, 0.15) is 30.5 Å². The van der Waals surface area contributed by atoms with Crippen LogP contribution in [-0.2, 0) is 25.5 Å². The molecule has 2 rings (SSSR count). The van der Waals surface area contributed by atoms with Crippen LogP contribution in [0.15, 0.2) is 48.5 Å². The van der Waals surface area contributed by atoms with Crippen LogP contribution < -0.4 is 20.5 Å². The van der Waals surface area contributed by atoms with E-state index in [0.29, 0.717) is 17.1 Å². The zero-order chi connectivity index (χ0) is 22.1. The van der Waals surface area contributed by atoms with E-state index in [1.54, 1.807) is 18.2 Å². The third-order valence-corrected chi connectivity index (χ3v) is 4.38. The number of rotatable bonds is 9. The van der Waals surface area contributed by atoms with Crippen LogP contribution in [0.2, 0.25) is 0 Å². The summed E-state index contributed by atoms with van der Waals surface area (Å²) in [5.41, 5.74) is 7.54. The molecule has 30 heavy (non-hydrogen) atoms. The Morgan fingerprint density at radius 3 is 2.27 bits per heavy atom. The molecule has 2 atom stereocenters. The lowest BCUT2D eigenvalue weighted by atomic mass is 10.0. The molecule has 160 valence electrons. The second-order valence-corrected chi connectivity index (χ2v) is 6.66. The third-order valence-electron chi connectivity index (χ3n) is 4.38. The Labute approximate surface area is 175 Å². The first-order valence-corrected chi connectivity index (χ1v) is 9.37. The summed E-state index contributed by atoms with van der Waals surface area (Å²) in [5, 5.41) is 2.52. The third kappa shape index (κ3) is 6.59. The number of hydrogen-bond acceptors (Lipinski definition) is 7. The molecule has 0 bridgehead atoms. The minimum Gasteiger partial charge on any atom is -0.493 e. The van der Waals surface area contributed by atoms with E-state index in [1.165, 1.54) is 21.1 Å². The van der Waals surface area contributed by atoms with E-state index in [9.17, 15) is 14.4 Å². The zero-order valence-corrected chi connectivity index (χ0v) is 17.2. The molecule has 8 heteroatoms. The Balaban J connectivity index is 2.01. The fourth-order valence-electron chi connectivity index (χ4n) is 2.89. The Kier molecular flexibility index (Phi) is 8.37. The summed E-state index contributed by atoms with van der Waals surface area (Å²) in [5.74, 6) is -1.01. The number of carbonyl (C=O) groups is 3. The van der Waals surface area contributed by atoms with Gasteiger partial charge in [0.25, 0.3) is 0 Å². The Morgan fingerprint density at radius 1 is 1.00 bits per heavy atom. The van der Waals surface area contributed by atoms with Gasteiger partial charge in [0.15, 0.2) is 11.5 Å². The van der Waals surface area contributed by atoms with Crippen molar-refractivity contribution in [2.75, 3.05) is 14.2 Å². The van der Waals surface area contributed by atoms with Gasteiger partial charge in [-0.3, -0.25) is 9.59 Å². The summed E-state index contributed by atoms with van der Waals surface area (Å²) < 4.78 is 15.4. The summed E-state index contributed by atoms with van der Waals surface area (Å²) >= 11 is 0. The highest BCUT2D eigenvalue weighted by Gasteiger charge is 2.25. The summed E-state index contributed by atoms with van der Waals surface area (Å²) in [7, 11) is 3.01. The molecule has 2 aromatic carbocycles. The maximum Gasteiger partial charge on any atom is 0.336 e. The number of amides is 1. The topological polar surface area (TPSA) is 117 Å². The predicted molar refractivity (Wildman–Crippen MR) is 110 cm³/mol. The quantitative estimate of drug-likeness (QED) is 0.475. The fourth-order valence-corrected chi connectivity index (χ4v) is 2.89. The number of benzene rings is 2. The van der Waals surface area contributed by atoms with Crippen molar-refractivity contribution in [3.05, 3.63) is 59.7 Å². The molecule has 0 aromatic heterocycles. The second-order valence-electron chi connectivity index (χ2n) is 6.66.